The number of rotatable bonds is 7. The van der Waals surface area contributed by atoms with Crippen molar-refractivity contribution in [3.8, 4) is 34.8 Å². The van der Waals surface area contributed by atoms with Gasteiger partial charge in [-0.25, -0.2) is 0 Å². The van der Waals surface area contributed by atoms with Crippen LogP contribution in [0.25, 0.3) is 0 Å². The maximum atomic E-state index is 14.4. The van der Waals surface area contributed by atoms with Gasteiger partial charge in [-0.1, -0.05) is 42.2 Å². The zero-order chi connectivity index (χ0) is 37.0. The van der Waals surface area contributed by atoms with Crippen molar-refractivity contribution < 1.29 is 35.1 Å². The summed E-state index contributed by atoms with van der Waals surface area (Å²) in [6.45, 7) is 1.10. The molecule has 2 saturated carbocycles. The number of hydrogen-bond acceptors (Lipinski definition) is 9. The average Bonchev–Trinajstić information content (AvgIpc) is 3.15. The molecule has 0 radical (unpaired) electrons. The van der Waals surface area contributed by atoms with Crippen molar-refractivity contribution in [3.63, 3.8) is 0 Å². The number of ether oxygens (including phenoxy) is 1. The van der Waals surface area contributed by atoms with Gasteiger partial charge in [0.2, 0.25) is 0 Å². The summed E-state index contributed by atoms with van der Waals surface area (Å²) < 4.78 is 5.49. The number of nitrogens with one attached hydrogen (secondary N) is 2. The average molecular weight is 721 g/mol. The van der Waals surface area contributed by atoms with Crippen LogP contribution in [-0.4, -0.2) is 70.7 Å². The standard InChI is InChI=1S/C44H52N2O7/c1-45-21-28-13-26-10-11-42-44(35(26)17-32(28)34-18-37(49)38(50)20-36(34)44)43-27(22-46-42)9-8-25(12-24-6-4-3-5-7-24)31(15-30(48)16-40(43)52)33-19-41(53-2)39(51)14-29(33)23-47/h3-7,14,18-20,25-28,31-32,35,40,42-43,45-47,49-52H,10-13,15-17,21-23H2,1-2H3. The molecule has 4 aliphatic carbocycles. The second-order valence-corrected chi connectivity index (χ2v) is 16.4. The highest BCUT2D eigenvalue weighted by Gasteiger charge is 2.66. The van der Waals surface area contributed by atoms with E-state index >= 15 is 0 Å². The molecule has 3 aromatic carbocycles. The Bertz CT molecular complexity index is 1920. The van der Waals surface area contributed by atoms with Gasteiger partial charge in [0.15, 0.2) is 23.0 Å². The minimum absolute atomic E-state index is 0.0217. The summed E-state index contributed by atoms with van der Waals surface area (Å²) in [7, 11) is 3.47. The Morgan fingerprint density at radius 3 is 2.49 bits per heavy atom. The molecule has 1 saturated heterocycles. The van der Waals surface area contributed by atoms with Gasteiger partial charge < -0.3 is 40.9 Å². The molecule has 1 aliphatic heterocycles. The second kappa shape index (κ2) is 14.3. The molecule has 5 aliphatic rings. The predicted molar refractivity (Wildman–Crippen MR) is 201 cm³/mol. The van der Waals surface area contributed by atoms with Gasteiger partial charge in [-0.15, -0.1) is 0 Å². The molecule has 9 heteroatoms. The molecular weight excluding hydrogens is 668 g/mol. The van der Waals surface area contributed by atoms with Crippen molar-refractivity contribution in [2.45, 2.75) is 80.9 Å². The molecule has 3 fully saturated rings. The summed E-state index contributed by atoms with van der Waals surface area (Å²) in [6.07, 6.45) is 3.61. The monoisotopic (exact) mass is 720 g/mol. The summed E-state index contributed by atoms with van der Waals surface area (Å²) >= 11 is 0. The smallest absolute Gasteiger partial charge is 0.160 e. The molecule has 11 unspecified atom stereocenters. The number of fused-ring (bicyclic) bond motifs is 4. The van der Waals surface area contributed by atoms with E-state index in [0.29, 0.717) is 35.9 Å². The van der Waals surface area contributed by atoms with Crippen molar-refractivity contribution in [2.24, 2.45) is 35.5 Å². The number of carbonyl (C=O) groups is 1. The van der Waals surface area contributed by atoms with Gasteiger partial charge in [-0.2, -0.15) is 0 Å². The maximum absolute atomic E-state index is 14.4. The number of aromatic hydroxyl groups is 3. The van der Waals surface area contributed by atoms with Gasteiger partial charge >= 0.3 is 0 Å². The van der Waals surface area contributed by atoms with Crippen molar-refractivity contribution >= 4 is 5.78 Å². The van der Waals surface area contributed by atoms with E-state index in [0.717, 1.165) is 48.9 Å². The van der Waals surface area contributed by atoms with E-state index in [1.807, 2.05) is 25.2 Å². The fraction of sp³-hybridized carbons (Fsp3) is 0.523. The Balaban J connectivity index is 1.30. The fourth-order valence-corrected chi connectivity index (χ4v) is 11.9. The van der Waals surface area contributed by atoms with Crippen LogP contribution in [0.3, 0.4) is 0 Å². The summed E-state index contributed by atoms with van der Waals surface area (Å²) in [5.41, 5.74) is 3.74. The van der Waals surface area contributed by atoms with Crippen LogP contribution in [0.4, 0.5) is 0 Å². The normalized spacial score (nSPS) is 34.5. The topological polar surface area (TPSA) is 152 Å². The molecule has 7 N–H and O–H groups in total. The van der Waals surface area contributed by atoms with Crippen LogP contribution in [0.5, 0.6) is 23.0 Å². The van der Waals surface area contributed by atoms with Gasteiger partial charge in [0.25, 0.3) is 0 Å². The molecule has 280 valence electrons. The lowest BCUT2D eigenvalue weighted by molar-refractivity contribution is -0.128. The Labute approximate surface area is 311 Å². The van der Waals surface area contributed by atoms with Crippen LogP contribution >= 0.6 is 0 Å². The van der Waals surface area contributed by atoms with Crippen molar-refractivity contribution in [1.29, 1.82) is 0 Å². The van der Waals surface area contributed by atoms with Gasteiger partial charge in [0.05, 0.1) is 19.8 Å². The number of phenols is 3. The van der Waals surface area contributed by atoms with Crippen LogP contribution < -0.4 is 15.4 Å². The molecule has 53 heavy (non-hydrogen) atoms. The third-order valence-corrected chi connectivity index (χ3v) is 13.9. The number of piperidine rings is 1. The van der Waals surface area contributed by atoms with Gasteiger partial charge in [0.1, 0.15) is 5.78 Å². The Hall–Kier alpha value is -4.07. The number of phenolic OH excluding ortho intramolecular Hbond substituents is 3. The number of aliphatic hydroxyl groups excluding tert-OH is 2. The van der Waals surface area contributed by atoms with Crippen molar-refractivity contribution in [2.75, 3.05) is 27.2 Å². The molecule has 8 rings (SSSR count). The zero-order valence-corrected chi connectivity index (χ0v) is 30.6. The van der Waals surface area contributed by atoms with Gasteiger partial charge in [-0.05, 0) is 121 Å². The number of methoxy groups -OCH3 is 1. The van der Waals surface area contributed by atoms with Crippen LogP contribution in [-0.2, 0) is 23.2 Å². The number of benzene rings is 3. The number of aliphatic hydroxyl groups is 2. The van der Waals surface area contributed by atoms with Crippen LogP contribution in [0.15, 0.2) is 54.6 Å². The Morgan fingerprint density at radius 1 is 0.943 bits per heavy atom. The van der Waals surface area contributed by atoms with Crippen LogP contribution in [0.1, 0.15) is 78.2 Å². The summed E-state index contributed by atoms with van der Waals surface area (Å²) in [5.74, 6) is 7.02. The number of ketones is 1. The largest absolute Gasteiger partial charge is 0.504 e. The van der Waals surface area contributed by atoms with E-state index in [2.05, 4.69) is 34.6 Å². The quantitative estimate of drug-likeness (QED) is 0.134. The number of carbonyl (C=O) groups excluding carboxylic acids is 1. The molecular formula is C44H52N2O7. The first-order chi connectivity index (χ1) is 25.7. The van der Waals surface area contributed by atoms with Crippen molar-refractivity contribution in [1.82, 2.24) is 10.6 Å². The highest BCUT2D eigenvalue weighted by atomic mass is 16.5. The first-order valence-electron chi connectivity index (χ1n) is 19.4. The lowest BCUT2D eigenvalue weighted by atomic mass is 9.39. The first-order valence-corrected chi connectivity index (χ1v) is 19.4. The molecule has 3 aromatic rings. The molecule has 2 bridgehead atoms. The van der Waals surface area contributed by atoms with E-state index < -0.39 is 17.4 Å². The zero-order valence-electron chi connectivity index (χ0n) is 30.6. The Morgan fingerprint density at radius 2 is 1.74 bits per heavy atom. The molecule has 1 spiro atoms. The summed E-state index contributed by atoms with van der Waals surface area (Å²) in [4.78, 5) is 14.4. The van der Waals surface area contributed by atoms with Gasteiger partial charge in [-0.3, -0.25) is 4.79 Å². The minimum atomic E-state index is -0.987. The summed E-state index contributed by atoms with van der Waals surface area (Å²) in [6, 6.07) is 16.9. The Kier molecular flexibility index (Phi) is 9.69. The molecule has 1 heterocycles. The summed E-state index contributed by atoms with van der Waals surface area (Å²) in [5, 5.41) is 63.0. The van der Waals surface area contributed by atoms with Crippen LogP contribution in [0, 0.1) is 47.3 Å². The highest BCUT2D eigenvalue weighted by molar-refractivity contribution is 5.80. The minimum Gasteiger partial charge on any atom is -0.504 e. The molecule has 0 amide bonds. The molecule has 11 atom stereocenters. The van der Waals surface area contributed by atoms with E-state index in [1.54, 1.807) is 18.2 Å². The van der Waals surface area contributed by atoms with E-state index in [9.17, 15) is 30.3 Å². The van der Waals surface area contributed by atoms with E-state index in [4.69, 9.17) is 4.74 Å². The van der Waals surface area contributed by atoms with Crippen LogP contribution in [0.2, 0.25) is 0 Å². The molecule has 0 aromatic heterocycles. The second-order valence-electron chi connectivity index (χ2n) is 16.4. The number of Topliss-reactive ketones (excluding diaryl/α,β-unsaturated/α-hetero) is 1. The van der Waals surface area contributed by atoms with E-state index in [-0.39, 0.29) is 83.9 Å². The number of hydrogen-bond donors (Lipinski definition) is 7. The lowest BCUT2D eigenvalue weighted by Crippen LogP contribution is -2.71. The third kappa shape index (κ3) is 5.99. The maximum Gasteiger partial charge on any atom is 0.160 e. The van der Waals surface area contributed by atoms with Gasteiger partial charge in [0, 0.05) is 54.5 Å². The SMILES string of the molecule is CNCC1CC2CCC3NCC4C#CC(Cc5ccccc5)C(c5cc(OC)c(O)cc5CO)CC(=O)CC(O)C4C34c3cc(O)c(O)cc3C1CC24. The molecule has 9 nitrogen and oxygen atoms in total. The van der Waals surface area contributed by atoms with Crippen molar-refractivity contribution in [3.05, 3.63) is 82.4 Å². The fourth-order valence-electron chi connectivity index (χ4n) is 11.9. The predicted octanol–water partition coefficient (Wildman–Crippen LogP) is 4.87. The first kappa shape index (κ1) is 35.9. The van der Waals surface area contributed by atoms with E-state index in [1.165, 1.54) is 13.2 Å². The highest BCUT2D eigenvalue weighted by Crippen LogP contribution is 2.67. The third-order valence-electron chi connectivity index (χ3n) is 13.9. The lowest BCUT2D eigenvalue weighted by Gasteiger charge is -2.67.